The first kappa shape index (κ1) is 40.5. The molecule has 8 nitrogen and oxygen atoms in total. The molecule has 0 spiro atoms. The van der Waals surface area contributed by atoms with E-state index in [0.29, 0.717) is 25.9 Å². The molecule has 0 radical (unpaired) electrons. The molecule has 4 N–H and O–H groups in total. The monoisotopic (exact) mass is 487 g/mol. The second-order valence-electron chi connectivity index (χ2n) is 6.07. The van der Waals surface area contributed by atoms with Gasteiger partial charge in [-0.3, -0.25) is 4.79 Å². The highest BCUT2D eigenvalue weighted by molar-refractivity contribution is 7.91. The van der Waals surface area contributed by atoms with E-state index < -0.39 is 33.6 Å². The highest BCUT2D eigenvalue weighted by Crippen LogP contribution is 2.01. The minimum absolute atomic E-state index is 0.0149. The van der Waals surface area contributed by atoms with E-state index in [0.717, 1.165) is 13.5 Å². The van der Waals surface area contributed by atoms with Gasteiger partial charge in [-0.1, -0.05) is 37.6 Å². The number of methoxy groups -OCH3 is 1. The van der Waals surface area contributed by atoms with Gasteiger partial charge in [-0.2, -0.15) is 0 Å². The number of sulfone groups is 1. The van der Waals surface area contributed by atoms with E-state index in [1.54, 1.807) is 6.08 Å². The molecule has 0 aliphatic heterocycles. The number of hydrogen-bond donors (Lipinski definition) is 3. The zero-order valence-corrected chi connectivity index (χ0v) is 21.7. The zero-order chi connectivity index (χ0) is 27.3. The van der Waals surface area contributed by atoms with E-state index in [-0.39, 0.29) is 5.75 Å². The van der Waals surface area contributed by atoms with Gasteiger partial charge in [-0.25, -0.2) is 13.2 Å². The Labute approximate surface area is 202 Å². The summed E-state index contributed by atoms with van der Waals surface area (Å²) in [7, 11) is -2.29. The van der Waals surface area contributed by atoms with Crippen LogP contribution in [-0.2, 0) is 19.4 Å². The van der Waals surface area contributed by atoms with Crippen LogP contribution in [0.1, 0.15) is 40.0 Å². The van der Waals surface area contributed by atoms with Crippen LogP contribution in [0.5, 0.6) is 0 Å². The van der Waals surface area contributed by atoms with Crippen LogP contribution in [0.4, 0.5) is 4.79 Å². The van der Waals surface area contributed by atoms with Crippen molar-refractivity contribution >= 4 is 21.8 Å². The highest BCUT2D eigenvalue weighted by atomic mass is 32.2. The SMILES string of the molecule is C#C.C=C.C=C.C=CC=C(C)C.CCCCS(=O)(=O)C[C@@H](NC(=O)OC)C(=O)NCCCN. The van der Waals surface area contributed by atoms with Gasteiger partial charge in [0.1, 0.15) is 6.04 Å². The number of rotatable bonds is 11. The van der Waals surface area contributed by atoms with Gasteiger partial charge >= 0.3 is 6.09 Å². The van der Waals surface area contributed by atoms with E-state index in [2.05, 4.69) is 61.1 Å². The molecule has 33 heavy (non-hydrogen) atoms. The van der Waals surface area contributed by atoms with Crippen molar-refractivity contribution in [2.24, 2.45) is 5.73 Å². The van der Waals surface area contributed by atoms with Crippen molar-refractivity contribution in [2.45, 2.75) is 46.1 Å². The van der Waals surface area contributed by atoms with E-state index in [4.69, 9.17) is 5.73 Å². The van der Waals surface area contributed by atoms with E-state index >= 15 is 0 Å². The number of ether oxygens (including phenoxy) is 1. The summed E-state index contributed by atoms with van der Waals surface area (Å²) in [6.07, 6.45) is 12.7. The van der Waals surface area contributed by atoms with E-state index in [1.165, 1.54) is 5.57 Å². The molecule has 0 saturated carbocycles. The molecule has 0 aliphatic rings. The fourth-order valence-electron chi connectivity index (χ4n) is 1.76. The van der Waals surface area contributed by atoms with Gasteiger partial charge in [0.25, 0.3) is 0 Å². The first-order chi connectivity index (χ1) is 15.6. The third-order valence-electron chi connectivity index (χ3n) is 3.15. The average molecular weight is 488 g/mol. The van der Waals surface area contributed by atoms with Crippen molar-refractivity contribution in [2.75, 3.05) is 31.7 Å². The van der Waals surface area contributed by atoms with Gasteiger partial charge in [-0.15, -0.1) is 39.2 Å². The summed E-state index contributed by atoms with van der Waals surface area (Å²) in [4.78, 5) is 23.2. The molecule has 1 atom stereocenters. The number of alkyl carbamates (subject to hydrolysis) is 1. The molecule has 2 amide bonds. The minimum atomic E-state index is -3.43. The molecule has 0 unspecified atom stereocenters. The summed E-state index contributed by atoms with van der Waals surface area (Å²) in [6.45, 7) is 22.2. The minimum Gasteiger partial charge on any atom is -0.453 e. The van der Waals surface area contributed by atoms with Crippen LogP contribution in [-0.4, -0.2) is 58.2 Å². The number of allylic oxidation sites excluding steroid dienone is 3. The van der Waals surface area contributed by atoms with Crippen LogP contribution in [0.3, 0.4) is 0 Å². The molecular formula is C24H45N3O5S. The van der Waals surface area contributed by atoms with Crippen LogP contribution in [0, 0.1) is 12.8 Å². The maximum absolute atomic E-state index is 11.9. The first-order valence-electron chi connectivity index (χ1n) is 10.2. The largest absolute Gasteiger partial charge is 0.453 e. The number of terminal acetylenes is 1. The Hall–Kier alpha value is -2.83. The molecule has 9 heteroatoms. The van der Waals surface area contributed by atoms with Crippen molar-refractivity contribution in [3.63, 3.8) is 0 Å². The van der Waals surface area contributed by atoms with Gasteiger partial charge in [0.05, 0.1) is 18.6 Å². The molecule has 0 bridgehead atoms. The smallest absolute Gasteiger partial charge is 0.407 e. The van der Waals surface area contributed by atoms with Gasteiger partial charge in [-0.05, 0) is 33.2 Å². The predicted molar refractivity (Wildman–Crippen MR) is 142 cm³/mol. The second-order valence-corrected chi connectivity index (χ2v) is 8.30. The summed E-state index contributed by atoms with van der Waals surface area (Å²) in [5, 5.41) is 4.78. The number of carbonyl (C=O) groups excluding carboxylic acids is 2. The number of carbonyl (C=O) groups is 2. The van der Waals surface area contributed by atoms with Crippen LogP contribution in [0.25, 0.3) is 0 Å². The topological polar surface area (TPSA) is 128 Å². The Morgan fingerprint density at radius 2 is 1.64 bits per heavy atom. The molecule has 0 rings (SSSR count). The van der Waals surface area contributed by atoms with Gasteiger partial charge in [0, 0.05) is 6.54 Å². The molecule has 0 aromatic carbocycles. The second kappa shape index (κ2) is 31.4. The summed E-state index contributed by atoms with van der Waals surface area (Å²) in [6, 6.07) is -1.17. The Morgan fingerprint density at radius 3 is 1.97 bits per heavy atom. The lowest BCUT2D eigenvalue weighted by Crippen LogP contribution is -2.50. The number of nitrogens with one attached hydrogen (secondary N) is 2. The number of nitrogens with two attached hydrogens (primary N) is 1. The molecule has 192 valence electrons. The zero-order valence-electron chi connectivity index (χ0n) is 20.9. The molecular weight excluding hydrogens is 442 g/mol. The predicted octanol–water partition coefficient (Wildman–Crippen LogP) is 3.38. The van der Waals surface area contributed by atoms with Crippen molar-refractivity contribution < 1.29 is 22.7 Å². The van der Waals surface area contributed by atoms with Crippen LogP contribution in [0.15, 0.2) is 50.6 Å². The Kier molecular flexibility index (Phi) is 38.5. The number of hydrogen-bond acceptors (Lipinski definition) is 6. The lowest BCUT2D eigenvalue weighted by Gasteiger charge is -2.17. The average Bonchev–Trinajstić information content (AvgIpc) is 2.81. The highest BCUT2D eigenvalue weighted by Gasteiger charge is 2.27. The maximum Gasteiger partial charge on any atom is 0.407 e. The van der Waals surface area contributed by atoms with Crippen LogP contribution >= 0.6 is 0 Å². The third kappa shape index (κ3) is 34.0. The molecule has 0 saturated heterocycles. The van der Waals surface area contributed by atoms with Crippen LogP contribution < -0.4 is 16.4 Å². The molecule has 0 aromatic heterocycles. The van der Waals surface area contributed by atoms with Crippen LogP contribution in [0.2, 0.25) is 0 Å². The quantitative estimate of drug-likeness (QED) is 0.177. The van der Waals surface area contributed by atoms with Crippen molar-refractivity contribution in [1.29, 1.82) is 0 Å². The number of unbranched alkanes of at least 4 members (excludes halogenated alkanes) is 1. The molecule has 0 fully saturated rings. The fourth-order valence-corrected chi connectivity index (χ4v) is 3.40. The van der Waals surface area contributed by atoms with Gasteiger partial charge < -0.3 is 21.1 Å². The summed E-state index contributed by atoms with van der Waals surface area (Å²) in [5.41, 5.74) is 6.61. The molecule has 0 heterocycles. The van der Waals surface area contributed by atoms with Crippen molar-refractivity contribution in [1.82, 2.24) is 10.6 Å². The first-order valence-corrected chi connectivity index (χ1v) is 12.1. The Balaban J connectivity index is -0.000000182. The normalized spacial score (nSPS) is 9.55. The lowest BCUT2D eigenvalue weighted by atomic mass is 10.3. The molecule has 0 aliphatic carbocycles. The Bertz CT molecular complexity index is 638. The summed E-state index contributed by atoms with van der Waals surface area (Å²) >= 11 is 0. The third-order valence-corrected chi connectivity index (χ3v) is 4.91. The van der Waals surface area contributed by atoms with E-state index in [1.807, 2.05) is 26.8 Å². The van der Waals surface area contributed by atoms with Gasteiger partial charge in [0.2, 0.25) is 5.91 Å². The van der Waals surface area contributed by atoms with Gasteiger partial charge in [0.15, 0.2) is 9.84 Å². The molecule has 0 aromatic rings. The van der Waals surface area contributed by atoms with E-state index in [9.17, 15) is 18.0 Å². The van der Waals surface area contributed by atoms with Crippen molar-refractivity contribution in [3.8, 4) is 12.8 Å². The standard InChI is InChI=1S/C12H25N3O5S.C6H10.2C2H4.C2H2/c1-3-4-8-21(18,19)9-10(15-12(17)20-2)11(16)14-7-5-6-13;1-4-5-6(2)3;3*1-2/h10H,3-9,13H2,1-2H3,(H,14,16)(H,15,17);4-5H,1H2,2-3H3;2*1-2H2;1-2H/t10-;;;;/m1..../s1. The Morgan fingerprint density at radius 1 is 1.12 bits per heavy atom. The summed E-state index contributed by atoms with van der Waals surface area (Å²) < 4.78 is 28.2. The van der Waals surface area contributed by atoms with Crippen molar-refractivity contribution in [3.05, 3.63) is 50.6 Å². The fraction of sp³-hybridized carbons (Fsp3) is 0.500. The summed E-state index contributed by atoms with van der Waals surface area (Å²) in [5.74, 6) is -1.02. The maximum atomic E-state index is 11.9. The lowest BCUT2D eigenvalue weighted by molar-refractivity contribution is -0.122. The number of amides is 2.